The Kier molecular flexibility index (Phi) is 7.78. The molecule has 0 fully saturated rings. The van der Waals surface area contributed by atoms with Gasteiger partial charge in [0.25, 0.3) is 5.56 Å². The Labute approximate surface area is 281 Å². The standard InChI is InChI=1S/C34H20BrI2N3O3/c35-24-12-13-30-23(16-24)17-31(43-30)33-39-29-11-4-3-10-26(29)34(41)40(33)38-18-20-14-27(36)32(28(37)15-20)42-19-22-8-5-7-21-6-1-2-9-25(21)22/h1-18H,19H2. The molecule has 2 aromatic heterocycles. The molecule has 2 heterocycles. The number of benzene rings is 5. The molecule has 6 nitrogen and oxygen atoms in total. The zero-order valence-electron chi connectivity index (χ0n) is 22.3. The Morgan fingerprint density at radius 3 is 2.44 bits per heavy atom. The van der Waals surface area contributed by atoms with Gasteiger partial charge in [-0.25, -0.2) is 4.98 Å². The van der Waals surface area contributed by atoms with Crippen LogP contribution in [0.4, 0.5) is 0 Å². The number of fused-ring (bicyclic) bond motifs is 3. The number of furan rings is 1. The average molecular weight is 852 g/mol. The third kappa shape index (κ3) is 5.61. The summed E-state index contributed by atoms with van der Waals surface area (Å²) < 4.78 is 16.6. The molecular weight excluding hydrogens is 832 g/mol. The highest BCUT2D eigenvalue weighted by molar-refractivity contribution is 14.1. The summed E-state index contributed by atoms with van der Waals surface area (Å²) in [6, 6.07) is 33.4. The Morgan fingerprint density at radius 1 is 0.860 bits per heavy atom. The zero-order valence-corrected chi connectivity index (χ0v) is 28.2. The topological polar surface area (TPSA) is 69.6 Å². The van der Waals surface area contributed by atoms with Crippen molar-refractivity contribution in [1.29, 1.82) is 0 Å². The number of hydrogen-bond donors (Lipinski definition) is 0. The summed E-state index contributed by atoms with van der Waals surface area (Å²) in [5, 5.41) is 8.37. The quantitative estimate of drug-likeness (QED) is 0.124. The molecular formula is C34H20BrI2N3O3. The van der Waals surface area contributed by atoms with Gasteiger partial charge in [0, 0.05) is 9.86 Å². The van der Waals surface area contributed by atoms with Crippen LogP contribution < -0.4 is 10.3 Å². The van der Waals surface area contributed by atoms with Crippen molar-refractivity contribution in [2.24, 2.45) is 5.10 Å². The van der Waals surface area contributed by atoms with E-state index < -0.39 is 0 Å². The second-order valence-electron chi connectivity index (χ2n) is 9.85. The van der Waals surface area contributed by atoms with Crippen molar-refractivity contribution < 1.29 is 9.15 Å². The second kappa shape index (κ2) is 11.9. The van der Waals surface area contributed by atoms with E-state index in [0.717, 1.165) is 33.9 Å². The molecule has 0 radical (unpaired) electrons. The van der Waals surface area contributed by atoms with Crippen LogP contribution in [0.5, 0.6) is 5.75 Å². The van der Waals surface area contributed by atoms with E-state index in [2.05, 4.69) is 96.5 Å². The van der Waals surface area contributed by atoms with Crippen LogP contribution in [0.1, 0.15) is 11.1 Å². The molecule has 0 unspecified atom stereocenters. The Bertz CT molecular complexity index is 2250. The van der Waals surface area contributed by atoms with Crippen molar-refractivity contribution in [3.63, 3.8) is 0 Å². The minimum Gasteiger partial charge on any atom is -0.487 e. The lowest BCUT2D eigenvalue weighted by atomic mass is 10.1. The van der Waals surface area contributed by atoms with E-state index in [-0.39, 0.29) is 5.56 Å². The van der Waals surface area contributed by atoms with Gasteiger partial charge in [0.2, 0.25) is 5.82 Å². The van der Waals surface area contributed by atoms with Crippen molar-refractivity contribution in [2.75, 3.05) is 0 Å². The minimum atomic E-state index is -0.280. The van der Waals surface area contributed by atoms with Gasteiger partial charge in [-0.2, -0.15) is 9.78 Å². The van der Waals surface area contributed by atoms with E-state index in [1.165, 1.54) is 15.4 Å². The number of nitrogens with zero attached hydrogens (tertiary/aromatic N) is 3. The maximum absolute atomic E-state index is 13.7. The van der Waals surface area contributed by atoms with Gasteiger partial charge in [-0.05, 0) is 116 Å². The summed E-state index contributed by atoms with van der Waals surface area (Å²) in [4.78, 5) is 18.4. The molecule has 0 spiro atoms. The van der Waals surface area contributed by atoms with Gasteiger partial charge in [-0.3, -0.25) is 4.79 Å². The van der Waals surface area contributed by atoms with Gasteiger partial charge in [0.05, 0.1) is 24.3 Å². The fourth-order valence-corrected chi connectivity index (χ4v) is 7.51. The summed E-state index contributed by atoms with van der Waals surface area (Å²) in [6.07, 6.45) is 1.67. The van der Waals surface area contributed by atoms with Crippen LogP contribution in [-0.4, -0.2) is 15.9 Å². The highest BCUT2D eigenvalue weighted by atomic mass is 127. The van der Waals surface area contributed by atoms with Crippen molar-refractivity contribution in [2.45, 2.75) is 6.61 Å². The van der Waals surface area contributed by atoms with Gasteiger partial charge < -0.3 is 9.15 Å². The molecule has 0 amide bonds. The SMILES string of the molecule is O=c1c2ccccc2nc(-c2cc3cc(Br)ccc3o2)n1N=Cc1cc(I)c(OCc2cccc3ccccc23)c(I)c1. The number of rotatable bonds is 6. The predicted molar refractivity (Wildman–Crippen MR) is 192 cm³/mol. The van der Waals surface area contributed by atoms with Gasteiger partial charge in [-0.1, -0.05) is 70.5 Å². The van der Waals surface area contributed by atoms with E-state index in [1.807, 2.05) is 66.7 Å². The molecule has 7 aromatic rings. The first-order valence-electron chi connectivity index (χ1n) is 13.3. The first-order chi connectivity index (χ1) is 20.9. The smallest absolute Gasteiger partial charge is 0.282 e. The average Bonchev–Trinajstić information content (AvgIpc) is 3.43. The first kappa shape index (κ1) is 28.2. The first-order valence-corrected chi connectivity index (χ1v) is 16.2. The number of halogens is 3. The second-order valence-corrected chi connectivity index (χ2v) is 13.1. The molecule has 0 bridgehead atoms. The number of ether oxygens (including phenoxy) is 1. The zero-order chi connectivity index (χ0) is 29.5. The third-order valence-electron chi connectivity index (χ3n) is 7.05. The summed E-state index contributed by atoms with van der Waals surface area (Å²) in [5.74, 6) is 1.59. The molecule has 43 heavy (non-hydrogen) atoms. The maximum atomic E-state index is 13.7. The van der Waals surface area contributed by atoms with Crippen molar-refractivity contribution in [3.8, 4) is 17.3 Å². The molecule has 0 saturated carbocycles. The molecule has 7 rings (SSSR count). The Morgan fingerprint density at radius 2 is 1.60 bits per heavy atom. The minimum absolute atomic E-state index is 0.280. The highest BCUT2D eigenvalue weighted by Crippen LogP contribution is 2.31. The summed E-state index contributed by atoms with van der Waals surface area (Å²) in [7, 11) is 0. The molecule has 0 N–H and O–H groups in total. The van der Waals surface area contributed by atoms with Crippen LogP contribution in [0.15, 0.2) is 122 Å². The summed E-state index contributed by atoms with van der Waals surface area (Å²) >= 11 is 8.07. The van der Waals surface area contributed by atoms with E-state index in [9.17, 15) is 4.79 Å². The van der Waals surface area contributed by atoms with E-state index >= 15 is 0 Å². The Balaban J connectivity index is 1.24. The van der Waals surface area contributed by atoms with E-state index in [4.69, 9.17) is 14.1 Å². The normalized spacial score (nSPS) is 11.7. The van der Waals surface area contributed by atoms with Crippen LogP contribution >= 0.6 is 61.1 Å². The van der Waals surface area contributed by atoms with E-state index in [1.54, 1.807) is 12.3 Å². The summed E-state index contributed by atoms with van der Waals surface area (Å²) in [6.45, 7) is 0.455. The fraction of sp³-hybridized carbons (Fsp3) is 0.0294. The van der Waals surface area contributed by atoms with Crippen LogP contribution in [-0.2, 0) is 6.61 Å². The largest absolute Gasteiger partial charge is 0.487 e. The van der Waals surface area contributed by atoms with Gasteiger partial charge in [0.1, 0.15) is 17.9 Å². The molecule has 0 aliphatic rings. The predicted octanol–water partition coefficient (Wildman–Crippen LogP) is 9.40. The number of hydrogen-bond acceptors (Lipinski definition) is 5. The lowest BCUT2D eigenvalue weighted by Gasteiger charge is -2.13. The Hall–Kier alpha value is -3.55. The lowest BCUT2D eigenvalue weighted by molar-refractivity contribution is 0.303. The molecule has 210 valence electrons. The third-order valence-corrected chi connectivity index (χ3v) is 9.14. The monoisotopic (exact) mass is 851 g/mol. The van der Waals surface area contributed by atoms with Crippen LogP contribution in [0, 0.1) is 7.14 Å². The molecule has 0 aliphatic heterocycles. The highest BCUT2D eigenvalue weighted by Gasteiger charge is 2.17. The molecule has 0 aliphatic carbocycles. The fourth-order valence-electron chi connectivity index (χ4n) is 5.00. The lowest BCUT2D eigenvalue weighted by Crippen LogP contribution is -2.20. The van der Waals surface area contributed by atoms with Crippen molar-refractivity contribution in [1.82, 2.24) is 9.66 Å². The number of aromatic nitrogens is 2. The van der Waals surface area contributed by atoms with Crippen LogP contribution in [0.2, 0.25) is 0 Å². The van der Waals surface area contributed by atoms with Crippen molar-refractivity contribution in [3.05, 3.63) is 136 Å². The maximum Gasteiger partial charge on any atom is 0.282 e. The molecule has 5 aromatic carbocycles. The van der Waals surface area contributed by atoms with Gasteiger partial charge in [-0.15, -0.1) is 0 Å². The van der Waals surface area contributed by atoms with Crippen molar-refractivity contribution >= 4 is 100.0 Å². The molecule has 0 saturated heterocycles. The molecule has 9 heteroatoms. The number of para-hydroxylation sites is 1. The van der Waals surface area contributed by atoms with Crippen LogP contribution in [0.25, 0.3) is 44.2 Å². The van der Waals surface area contributed by atoms with Gasteiger partial charge in [0.15, 0.2) is 5.76 Å². The molecule has 0 atom stereocenters. The van der Waals surface area contributed by atoms with E-state index in [0.29, 0.717) is 34.7 Å². The summed E-state index contributed by atoms with van der Waals surface area (Å²) in [5.41, 5.74) is 2.94. The van der Waals surface area contributed by atoms with Gasteiger partial charge >= 0.3 is 0 Å². The van der Waals surface area contributed by atoms with Crippen LogP contribution in [0.3, 0.4) is 0 Å².